The van der Waals surface area contributed by atoms with Gasteiger partial charge in [0.05, 0.1) is 19.3 Å². The molecule has 4 saturated carbocycles. The Bertz CT molecular complexity index is 1860. The van der Waals surface area contributed by atoms with Crippen molar-refractivity contribution in [3.05, 3.63) is 0 Å². The summed E-state index contributed by atoms with van der Waals surface area (Å²) in [6, 6.07) is -0.985. The summed E-state index contributed by atoms with van der Waals surface area (Å²) < 4.78 is 53.8. The Labute approximate surface area is 395 Å². The first-order valence-electron chi connectivity index (χ1n) is 23.9. The Morgan fingerprint density at radius 2 is 1.30 bits per heavy atom. The van der Waals surface area contributed by atoms with E-state index in [9.17, 15) is 38.7 Å². The van der Waals surface area contributed by atoms with Gasteiger partial charge in [0.15, 0.2) is 24.6 Å². The Hall–Kier alpha value is -3.87. The highest BCUT2D eigenvalue weighted by Gasteiger charge is 2.73. The van der Waals surface area contributed by atoms with Gasteiger partial charge in [0.2, 0.25) is 0 Å². The molecule has 0 bridgehead atoms. The van der Waals surface area contributed by atoms with Crippen LogP contribution in [0.1, 0.15) is 141 Å². The molecule has 5 fully saturated rings. The van der Waals surface area contributed by atoms with Crippen LogP contribution < -0.4 is 5.32 Å². The lowest BCUT2D eigenvalue weighted by atomic mass is 9.35. The Morgan fingerprint density at radius 1 is 0.716 bits per heavy atom. The molecule has 380 valence electrons. The number of hydrogen-bond acceptors (Lipinski definition) is 18. The second kappa shape index (κ2) is 21.0. The van der Waals surface area contributed by atoms with Crippen molar-refractivity contribution < 1.29 is 81.3 Å². The zero-order valence-electron chi connectivity index (χ0n) is 41.9. The van der Waals surface area contributed by atoms with Crippen molar-refractivity contribution in [1.29, 1.82) is 0 Å². The number of methoxy groups -OCH3 is 1. The van der Waals surface area contributed by atoms with Crippen LogP contribution in [0.2, 0.25) is 0 Å². The molecule has 0 amide bonds. The summed E-state index contributed by atoms with van der Waals surface area (Å²) in [4.78, 5) is 88.3. The van der Waals surface area contributed by atoms with Gasteiger partial charge in [-0.15, -0.1) is 0 Å². The van der Waals surface area contributed by atoms with Crippen molar-refractivity contribution in [1.82, 2.24) is 5.32 Å². The minimum atomic E-state index is -1.49. The number of fused-ring (bicyclic) bond motifs is 5. The topological polar surface area (TPSA) is 235 Å². The summed E-state index contributed by atoms with van der Waals surface area (Å²) >= 11 is 0. The molecule has 0 spiro atoms. The molecule has 5 aliphatic rings. The van der Waals surface area contributed by atoms with Crippen LogP contribution in [0.3, 0.4) is 0 Å². The second-order valence-electron chi connectivity index (χ2n) is 21.3. The molecule has 2 N–H and O–H groups in total. The van der Waals surface area contributed by atoms with Crippen LogP contribution in [0.4, 0.5) is 0 Å². The molecule has 5 rings (SSSR count). The van der Waals surface area contributed by atoms with Gasteiger partial charge in [-0.3, -0.25) is 33.6 Å². The van der Waals surface area contributed by atoms with E-state index in [1.54, 1.807) is 0 Å². The number of nitrogens with one attached hydrogen (secondary N) is 1. The van der Waals surface area contributed by atoms with Gasteiger partial charge in [-0.05, 0) is 105 Å². The highest BCUT2D eigenvalue weighted by molar-refractivity contribution is 5.75. The first-order chi connectivity index (χ1) is 31.2. The van der Waals surface area contributed by atoms with Crippen molar-refractivity contribution >= 4 is 41.8 Å². The van der Waals surface area contributed by atoms with Crippen LogP contribution in [0.15, 0.2) is 0 Å². The summed E-state index contributed by atoms with van der Waals surface area (Å²) in [5, 5.41) is 13.1. The molecular formula is C49H77NO17. The minimum Gasteiger partial charge on any atom is -0.468 e. The first kappa shape index (κ1) is 54.1. The Kier molecular flexibility index (Phi) is 17.0. The molecule has 4 unspecified atom stereocenters. The van der Waals surface area contributed by atoms with E-state index in [-0.39, 0.29) is 58.5 Å². The molecule has 1 heterocycles. The van der Waals surface area contributed by atoms with Gasteiger partial charge < -0.3 is 53.1 Å². The molecule has 18 heteroatoms. The van der Waals surface area contributed by atoms with E-state index < -0.39 is 103 Å². The summed E-state index contributed by atoms with van der Waals surface area (Å²) in [5.74, 6) is -4.57. The van der Waals surface area contributed by atoms with Gasteiger partial charge in [-0.25, -0.2) is 0 Å². The molecule has 0 radical (unpaired) electrons. The maximum Gasteiger partial charge on any atom is 0.325 e. The third-order valence-corrected chi connectivity index (χ3v) is 17.0. The van der Waals surface area contributed by atoms with E-state index in [0.717, 1.165) is 46.0 Å². The highest BCUT2D eigenvalue weighted by Crippen LogP contribution is 2.76. The summed E-state index contributed by atoms with van der Waals surface area (Å²) in [5.41, 5.74) is -2.35. The third-order valence-electron chi connectivity index (χ3n) is 17.0. The second-order valence-corrected chi connectivity index (χ2v) is 21.3. The van der Waals surface area contributed by atoms with Crippen molar-refractivity contribution in [2.75, 3.05) is 26.9 Å². The number of esters is 7. The van der Waals surface area contributed by atoms with Crippen LogP contribution in [-0.2, 0) is 76.2 Å². The van der Waals surface area contributed by atoms with Gasteiger partial charge in [0.25, 0.3) is 0 Å². The van der Waals surface area contributed by atoms with Crippen molar-refractivity contribution in [3.63, 3.8) is 0 Å². The quantitative estimate of drug-likeness (QED) is 0.112. The fourth-order valence-corrected chi connectivity index (χ4v) is 14.1. The van der Waals surface area contributed by atoms with E-state index >= 15 is 0 Å². The van der Waals surface area contributed by atoms with Crippen molar-refractivity contribution in [2.24, 2.45) is 45.3 Å². The predicted molar refractivity (Wildman–Crippen MR) is 237 cm³/mol. The summed E-state index contributed by atoms with van der Waals surface area (Å²) in [6.07, 6.45) is -1.86. The Balaban J connectivity index is 1.62. The number of aliphatic hydroxyl groups excluding tert-OH is 1. The average Bonchev–Trinajstić information content (AvgIpc) is 3.60. The number of hydrogen-bond donors (Lipinski definition) is 2. The van der Waals surface area contributed by atoms with E-state index in [4.69, 9.17) is 42.6 Å². The predicted octanol–water partition coefficient (Wildman–Crippen LogP) is 4.91. The van der Waals surface area contributed by atoms with Gasteiger partial charge >= 0.3 is 41.8 Å². The summed E-state index contributed by atoms with van der Waals surface area (Å²) in [7, 11) is 1.23. The average molecular weight is 952 g/mol. The standard InChI is InChI=1S/C49H77NO17/c1-26(52)60-25-35-40(63-29(4)55)41(64-30(5)56)42(65-31(6)57)44(66-35)67-49(12,18-14-22-50-33(24-51)43(58)59-13)32-15-20-48(11)39(32)34(61-27(2)53)23-37-46(9)19-17-38(62-28(3)54)45(7,8)36(46)16-21-47(37,48)10/h32-42,44,50-51H,14-25H2,1-13H3/t32?,33-,34?,35+,36?,37?,38-,39-,40+,41-,42+,44+,46-,47+,48+,49-/m0/s1. The smallest absolute Gasteiger partial charge is 0.325 e. The largest absolute Gasteiger partial charge is 0.468 e. The molecule has 67 heavy (non-hydrogen) atoms. The fourth-order valence-electron chi connectivity index (χ4n) is 14.1. The summed E-state index contributed by atoms with van der Waals surface area (Å²) in [6.45, 7) is 20.3. The maximum absolute atomic E-state index is 13.3. The van der Waals surface area contributed by atoms with E-state index in [1.807, 2.05) is 6.92 Å². The van der Waals surface area contributed by atoms with Gasteiger partial charge in [0.1, 0.15) is 31.0 Å². The molecule has 0 aromatic rings. The minimum absolute atomic E-state index is 0.130. The van der Waals surface area contributed by atoms with Gasteiger partial charge in [0, 0.05) is 52.9 Å². The van der Waals surface area contributed by atoms with E-state index in [0.29, 0.717) is 25.7 Å². The highest BCUT2D eigenvalue weighted by atomic mass is 16.7. The third kappa shape index (κ3) is 11.0. The molecule has 18 nitrogen and oxygen atoms in total. The molecule has 0 aromatic carbocycles. The zero-order chi connectivity index (χ0) is 50.0. The van der Waals surface area contributed by atoms with Gasteiger partial charge in [-0.1, -0.05) is 34.6 Å². The molecular weight excluding hydrogens is 875 g/mol. The number of carbonyl (C=O) groups is 7. The van der Waals surface area contributed by atoms with E-state index in [1.165, 1.54) is 34.8 Å². The lowest BCUT2D eigenvalue weighted by Crippen LogP contribution is -2.67. The Morgan fingerprint density at radius 3 is 1.87 bits per heavy atom. The molecule has 1 aliphatic heterocycles. The van der Waals surface area contributed by atoms with E-state index in [2.05, 4.69) is 39.9 Å². The first-order valence-corrected chi connectivity index (χ1v) is 23.9. The monoisotopic (exact) mass is 952 g/mol. The molecule has 0 aromatic heterocycles. The molecule has 4 aliphatic carbocycles. The van der Waals surface area contributed by atoms with Crippen LogP contribution in [0, 0.1) is 45.3 Å². The maximum atomic E-state index is 13.3. The lowest BCUT2D eigenvalue weighted by molar-refractivity contribution is -0.339. The van der Waals surface area contributed by atoms with Crippen LogP contribution in [0.5, 0.6) is 0 Å². The number of aliphatic hydroxyl groups is 1. The van der Waals surface area contributed by atoms with Crippen molar-refractivity contribution in [2.45, 2.75) is 195 Å². The zero-order valence-corrected chi connectivity index (χ0v) is 41.9. The van der Waals surface area contributed by atoms with Gasteiger partial charge in [-0.2, -0.15) is 0 Å². The SMILES string of the molecule is COC(=O)[C@H](CO)NCCC[C@](C)(O[C@H]1O[C@H](COC(C)=O)[C@@H](OC(C)=O)[C@H](OC(C)=O)[C@H]1OC(C)=O)C1CC[C@]2(C)[C@@H]1C(OC(C)=O)CC1[C@@]3(C)CC[C@H](OC(C)=O)C(C)(C)C3CC[C@]12C. The van der Waals surface area contributed by atoms with Crippen LogP contribution in [-0.4, -0.2) is 128 Å². The fraction of sp³-hybridized carbons (Fsp3) is 0.857. The van der Waals surface area contributed by atoms with Crippen LogP contribution >= 0.6 is 0 Å². The van der Waals surface area contributed by atoms with Crippen molar-refractivity contribution in [3.8, 4) is 0 Å². The lowest BCUT2D eigenvalue weighted by Gasteiger charge is -2.70. The number of carbonyl (C=O) groups excluding carboxylic acids is 7. The normalized spacial score (nSPS) is 37.7. The van der Waals surface area contributed by atoms with Crippen LogP contribution in [0.25, 0.3) is 0 Å². The number of rotatable bonds is 17. The number of ether oxygens (including phenoxy) is 9. The molecule has 1 saturated heterocycles. The molecule has 16 atom stereocenters.